The van der Waals surface area contributed by atoms with E-state index in [-0.39, 0.29) is 18.0 Å². The first-order valence-electron chi connectivity index (χ1n) is 6.18. The number of nitrogens with two attached hydrogens (primary N) is 1. The first kappa shape index (κ1) is 12.1. The van der Waals surface area contributed by atoms with E-state index in [1.807, 2.05) is 19.2 Å². The number of hydrogen-bond acceptors (Lipinski definition) is 3. The highest BCUT2D eigenvalue weighted by atomic mass is 16.2. The second-order valence-electron chi connectivity index (χ2n) is 4.92. The van der Waals surface area contributed by atoms with E-state index >= 15 is 0 Å². The van der Waals surface area contributed by atoms with Gasteiger partial charge in [-0.05, 0) is 25.3 Å². The minimum absolute atomic E-state index is 0.0449. The van der Waals surface area contributed by atoms with Crippen molar-refractivity contribution >= 4 is 5.91 Å². The Labute approximate surface area is 101 Å². The van der Waals surface area contributed by atoms with Crippen molar-refractivity contribution in [3.05, 3.63) is 18.5 Å². The lowest BCUT2D eigenvalue weighted by molar-refractivity contribution is -0.123. The van der Waals surface area contributed by atoms with Crippen molar-refractivity contribution in [3.8, 4) is 0 Å². The Balaban J connectivity index is 1.73. The minimum Gasteiger partial charge on any atom is -0.350 e. The predicted molar refractivity (Wildman–Crippen MR) is 65.1 cm³/mol. The second kappa shape index (κ2) is 5.31. The van der Waals surface area contributed by atoms with Crippen LogP contribution in [0.1, 0.15) is 26.2 Å². The maximum absolute atomic E-state index is 11.8. The van der Waals surface area contributed by atoms with Crippen LogP contribution in [0.5, 0.6) is 0 Å². The van der Waals surface area contributed by atoms with Gasteiger partial charge in [-0.3, -0.25) is 9.48 Å². The molecule has 1 aromatic heterocycles. The van der Waals surface area contributed by atoms with Crippen molar-refractivity contribution in [2.24, 2.45) is 11.7 Å². The first-order chi connectivity index (χ1) is 8.15. The number of carbonyl (C=O) groups excluding carboxylic acids is 1. The van der Waals surface area contributed by atoms with Crippen molar-refractivity contribution in [2.45, 2.75) is 44.8 Å². The van der Waals surface area contributed by atoms with E-state index in [9.17, 15) is 4.79 Å². The van der Waals surface area contributed by atoms with Gasteiger partial charge in [-0.2, -0.15) is 5.10 Å². The van der Waals surface area contributed by atoms with Crippen LogP contribution in [0, 0.1) is 5.92 Å². The summed E-state index contributed by atoms with van der Waals surface area (Å²) in [7, 11) is 0. The zero-order valence-corrected chi connectivity index (χ0v) is 10.2. The van der Waals surface area contributed by atoms with Gasteiger partial charge in [0.15, 0.2) is 0 Å². The topological polar surface area (TPSA) is 72.9 Å². The number of nitrogens with one attached hydrogen (secondary N) is 1. The fourth-order valence-corrected chi connectivity index (χ4v) is 1.90. The van der Waals surface area contributed by atoms with E-state index in [1.54, 1.807) is 10.9 Å². The molecule has 0 spiro atoms. The predicted octanol–water partition coefficient (Wildman–Crippen LogP) is 0.515. The van der Waals surface area contributed by atoms with Gasteiger partial charge in [-0.15, -0.1) is 0 Å². The molecule has 1 fully saturated rings. The minimum atomic E-state index is -0.359. The molecule has 5 nitrogen and oxygen atoms in total. The highest BCUT2D eigenvalue weighted by Crippen LogP contribution is 2.33. The van der Waals surface area contributed by atoms with Crippen LogP contribution in [0.15, 0.2) is 18.5 Å². The number of aromatic nitrogens is 2. The summed E-state index contributed by atoms with van der Waals surface area (Å²) in [6.07, 6.45) is 6.88. The van der Waals surface area contributed by atoms with Crippen molar-refractivity contribution in [1.29, 1.82) is 0 Å². The Hall–Kier alpha value is -1.36. The maximum Gasteiger partial charge on any atom is 0.237 e. The summed E-state index contributed by atoms with van der Waals surface area (Å²) in [5.74, 6) is 0.633. The van der Waals surface area contributed by atoms with Gasteiger partial charge in [-0.25, -0.2) is 0 Å². The van der Waals surface area contributed by atoms with Gasteiger partial charge in [-0.1, -0.05) is 12.8 Å². The number of hydrogen-bond donors (Lipinski definition) is 2. The summed E-state index contributed by atoms with van der Waals surface area (Å²) in [6, 6.07) is 1.56. The SMILES string of the molecule is CC(Cn1cccn1)NC(=O)[C@@H](N)CC1CC1. The molecule has 2 rings (SSSR count). The normalized spacial score (nSPS) is 18.7. The Morgan fingerprint density at radius 2 is 2.41 bits per heavy atom. The molecule has 0 bridgehead atoms. The highest BCUT2D eigenvalue weighted by molar-refractivity contribution is 5.81. The van der Waals surface area contributed by atoms with Gasteiger partial charge in [0.1, 0.15) is 0 Å². The third-order valence-corrected chi connectivity index (χ3v) is 3.03. The summed E-state index contributed by atoms with van der Waals surface area (Å²) in [6.45, 7) is 2.64. The Morgan fingerprint density at radius 3 is 3.00 bits per heavy atom. The standard InChI is InChI=1S/C12H20N4O/c1-9(8-16-6-2-5-14-16)15-12(17)11(13)7-10-3-4-10/h2,5-6,9-11H,3-4,7-8,13H2,1H3,(H,15,17)/t9?,11-/m0/s1. The molecule has 94 valence electrons. The summed E-state index contributed by atoms with van der Waals surface area (Å²) in [5, 5.41) is 7.03. The average Bonchev–Trinajstić information content (AvgIpc) is 2.93. The van der Waals surface area contributed by atoms with Gasteiger partial charge in [0, 0.05) is 18.4 Å². The Kier molecular flexibility index (Phi) is 3.78. The van der Waals surface area contributed by atoms with E-state index in [0.717, 1.165) is 6.42 Å². The molecule has 1 amide bonds. The van der Waals surface area contributed by atoms with E-state index < -0.39 is 0 Å². The number of rotatable bonds is 6. The van der Waals surface area contributed by atoms with Crippen molar-refractivity contribution in [1.82, 2.24) is 15.1 Å². The first-order valence-corrected chi connectivity index (χ1v) is 6.18. The molecular formula is C12H20N4O. The lowest BCUT2D eigenvalue weighted by Gasteiger charge is -2.17. The fraction of sp³-hybridized carbons (Fsp3) is 0.667. The summed E-state index contributed by atoms with van der Waals surface area (Å²) in [5.41, 5.74) is 5.85. The molecule has 2 atom stereocenters. The molecule has 1 aromatic rings. The maximum atomic E-state index is 11.8. The van der Waals surface area contributed by atoms with Crippen LogP contribution in [0.3, 0.4) is 0 Å². The number of carbonyl (C=O) groups is 1. The Morgan fingerprint density at radius 1 is 1.65 bits per heavy atom. The van der Waals surface area contributed by atoms with Gasteiger partial charge in [0.25, 0.3) is 0 Å². The third-order valence-electron chi connectivity index (χ3n) is 3.03. The van der Waals surface area contributed by atoms with Crippen LogP contribution in [0.25, 0.3) is 0 Å². The summed E-state index contributed by atoms with van der Waals surface area (Å²) >= 11 is 0. The fourth-order valence-electron chi connectivity index (χ4n) is 1.90. The summed E-state index contributed by atoms with van der Waals surface area (Å²) in [4.78, 5) is 11.8. The van der Waals surface area contributed by atoms with Crippen LogP contribution < -0.4 is 11.1 Å². The molecule has 0 radical (unpaired) electrons. The van der Waals surface area contributed by atoms with Crippen LogP contribution in [0.2, 0.25) is 0 Å². The summed E-state index contributed by atoms with van der Waals surface area (Å²) < 4.78 is 1.80. The molecule has 1 heterocycles. The smallest absolute Gasteiger partial charge is 0.237 e. The number of amides is 1. The van der Waals surface area contributed by atoms with Crippen molar-refractivity contribution in [3.63, 3.8) is 0 Å². The molecule has 3 N–H and O–H groups in total. The van der Waals surface area contributed by atoms with E-state index in [4.69, 9.17) is 5.73 Å². The molecule has 0 aliphatic heterocycles. The van der Waals surface area contributed by atoms with Gasteiger partial charge in [0.05, 0.1) is 12.6 Å². The number of nitrogens with zero attached hydrogens (tertiary/aromatic N) is 2. The largest absolute Gasteiger partial charge is 0.350 e. The van der Waals surface area contributed by atoms with E-state index in [2.05, 4.69) is 10.4 Å². The zero-order chi connectivity index (χ0) is 12.3. The van der Waals surface area contributed by atoms with E-state index in [0.29, 0.717) is 12.5 Å². The monoisotopic (exact) mass is 236 g/mol. The zero-order valence-electron chi connectivity index (χ0n) is 10.2. The molecule has 0 aromatic carbocycles. The highest BCUT2D eigenvalue weighted by Gasteiger charge is 2.27. The Bertz CT molecular complexity index is 359. The van der Waals surface area contributed by atoms with Crippen molar-refractivity contribution in [2.75, 3.05) is 0 Å². The lowest BCUT2D eigenvalue weighted by atomic mass is 10.1. The van der Waals surface area contributed by atoms with Crippen molar-refractivity contribution < 1.29 is 4.79 Å². The lowest BCUT2D eigenvalue weighted by Crippen LogP contribution is -2.45. The van der Waals surface area contributed by atoms with Gasteiger partial charge in [0.2, 0.25) is 5.91 Å². The molecule has 0 saturated heterocycles. The molecule has 5 heteroatoms. The molecule has 17 heavy (non-hydrogen) atoms. The van der Waals surface area contributed by atoms with Crippen LogP contribution in [-0.2, 0) is 11.3 Å². The molecule has 1 aliphatic rings. The molecule has 1 aliphatic carbocycles. The van der Waals surface area contributed by atoms with Crippen LogP contribution >= 0.6 is 0 Å². The van der Waals surface area contributed by atoms with Crippen LogP contribution in [0.4, 0.5) is 0 Å². The molecule has 1 saturated carbocycles. The van der Waals surface area contributed by atoms with E-state index in [1.165, 1.54) is 12.8 Å². The van der Waals surface area contributed by atoms with Gasteiger partial charge >= 0.3 is 0 Å². The molecule has 1 unspecified atom stereocenters. The van der Waals surface area contributed by atoms with Gasteiger partial charge < -0.3 is 11.1 Å². The molecular weight excluding hydrogens is 216 g/mol. The quantitative estimate of drug-likeness (QED) is 0.756. The average molecular weight is 236 g/mol. The second-order valence-corrected chi connectivity index (χ2v) is 4.92. The third kappa shape index (κ3) is 3.85. The van der Waals surface area contributed by atoms with Crippen LogP contribution in [-0.4, -0.2) is 27.8 Å².